The number of aliphatic hydroxyl groups is 1. The van der Waals surface area contributed by atoms with Crippen LogP contribution in [0, 0.1) is 5.41 Å². The van der Waals surface area contributed by atoms with Gasteiger partial charge in [0.2, 0.25) is 0 Å². The van der Waals surface area contributed by atoms with Crippen LogP contribution in [-0.2, 0) is 4.74 Å². The molecular weight excluding hydrogens is 214 g/mol. The van der Waals surface area contributed by atoms with Crippen LogP contribution in [-0.4, -0.2) is 36.5 Å². The number of ether oxygens (including phenoxy) is 1. The van der Waals surface area contributed by atoms with E-state index >= 15 is 0 Å². The lowest BCUT2D eigenvalue weighted by molar-refractivity contribution is -0.0420. The molecule has 1 saturated heterocycles. The summed E-state index contributed by atoms with van der Waals surface area (Å²) in [7, 11) is 0. The van der Waals surface area contributed by atoms with Crippen molar-refractivity contribution in [2.45, 2.75) is 71.6 Å². The molecular formula is C14H29NO2. The number of nitrogens with one attached hydrogen (secondary N) is 1. The van der Waals surface area contributed by atoms with E-state index in [0.29, 0.717) is 18.2 Å². The standard InChI is InChI=1S/C14H29NO2/c1-11-8-13(9-12(2)17-11)15-7-5-6-14(3,4)10-16/h11-13,15-16H,5-10H2,1-4H3. The molecule has 0 radical (unpaired) electrons. The fourth-order valence-electron chi connectivity index (χ4n) is 2.52. The predicted molar refractivity (Wildman–Crippen MR) is 71.1 cm³/mol. The first-order valence-electron chi connectivity index (χ1n) is 6.92. The second kappa shape index (κ2) is 6.72. The monoisotopic (exact) mass is 243 g/mol. The molecule has 0 bridgehead atoms. The summed E-state index contributed by atoms with van der Waals surface area (Å²) in [4.78, 5) is 0. The summed E-state index contributed by atoms with van der Waals surface area (Å²) in [6.45, 7) is 9.86. The molecule has 0 spiro atoms. The van der Waals surface area contributed by atoms with Gasteiger partial charge in [-0.1, -0.05) is 13.8 Å². The summed E-state index contributed by atoms with van der Waals surface area (Å²) in [5.74, 6) is 0. The molecule has 1 fully saturated rings. The third-order valence-corrected chi connectivity index (χ3v) is 3.59. The average molecular weight is 243 g/mol. The van der Waals surface area contributed by atoms with Crippen molar-refractivity contribution in [1.82, 2.24) is 5.32 Å². The van der Waals surface area contributed by atoms with E-state index in [0.717, 1.165) is 32.2 Å². The zero-order chi connectivity index (χ0) is 12.9. The van der Waals surface area contributed by atoms with Crippen molar-refractivity contribution >= 4 is 0 Å². The Labute approximate surface area is 106 Å². The van der Waals surface area contributed by atoms with Crippen LogP contribution in [0.25, 0.3) is 0 Å². The molecule has 0 saturated carbocycles. The molecule has 1 rings (SSSR count). The van der Waals surface area contributed by atoms with Gasteiger partial charge in [0.05, 0.1) is 12.2 Å². The van der Waals surface area contributed by atoms with Gasteiger partial charge in [-0.15, -0.1) is 0 Å². The van der Waals surface area contributed by atoms with Crippen molar-refractivity contribution in [2.24, 2.45) is 5.41 Å². The highest BCUT2D eigenvalue weighted by molar-refractivity contribution is 4.78. The molecule has 2 N–H and O–H groups in total. The first kappa shape index (κ1) is 14.9. The van der Waals surface area contributed by atoms with Gasteiger partial charge >= 0.3 is 0 Å². The predicted octanol–water partition coefficient (Wildman–Crippen LogP) is 2.33. The topological polar surface area (TPSA) is 41.5 Å². The SMILES string of the molecule is CC1CC(NCCCC(C)(C)CO)CC(C)O1. The molecule has 0 aliphatic carbocycles. The van der Waals surface area contributed by atoms with Gasteiger partial charge < -0.3 is 15.2 Å². The highest BCUT2D eigenvalue weighted by Crippen LogP contribution is 2.22. The lowest BCUT2D eigenvalue weighted by Gasteiger charge is -2.33. The van der Waals surface area contributed by atoms with Crippen molar-refractivity contribution in [3.63, 3.8) is 0 Å². The van der Waals surface area contributed by atoms with E-state index in [9.17, 15) is 5.11 Å². The van der Waals surface area contributed by atoms with Crippen LogP contribution in [0.3, 0.4) is 0 Å². The van der Waals surface area contributed by atoms with Gasteiger partial charge in [-0.05, 0) is 51.5 Å². The molecule has 0 aromatic carbocycles. The van der Waals surface area contributed by atoms with Gasteiger partial charge in [0.1, 0.15) is 0 Å². The Balaban J connectivity index is 2.14. The van der Waals surface area contributed by atoms with Crippen molar-refractivity contribution in [3.8, 4) is 0 Å². The van der Waals surface area contributed by atoms with Gasteiger partial charge in [-0.3, -0.25) is 0 Å². The molecule has 17 heavy (non-hydrogen) atoms. The Morgan fingerprint density at radius 2 is 1.82 bits per heavy atom. The molecule has 0 aromatic heterocycles. The molecule has 2 atom stereocenters. The summed E-state index contributed by atoms with van der Waals surface area (Å²) >= 11 is 0. The average Bonchev–Trinajstić information content (AvgIpc) is 2.23. The second-order valence-corrected chi connectivity index (χ2v) is 6.31. The van der Waals surface area contributed by atoms with Gasteiger partial charge in [0.15, 0.2) is 0 Å². The third-order valence-electron chi connectivity index (χ3n) is 3.59. The minimum Gasteiger partial charge on any atom is -0.396 e. The van der Waals surface area contributed by atoms with Gasteiger partial charge in [-0.2, -0.15) is 0 Å². The Bertz CT molecular complexity index is 208. The van der Waals surface area contributed by atoms with E-state index in [2.05, 4.69) is 33.0 Å². The maximum atomic E-state index is 9.17. The van der Waals surface area contributed by atoms with E-state index in [1.807, 2.05) is 0 Å². The van der Waals surface area contributed by atoms with E-state index in [1.54, 1.807) is 0 Å². The number of hydrogen-bond acceptors (Lipinski definition) is 3. The van der Waals surface area contributed by atoms with Crippen molar-refractivity contribution in [2.75, 3.05) is 13.2 Å². The fourth-order valence-corrected chi connectivity index (χ4v) is 2.52. The van der Waals surface area contributed by atoms with E-state index in [-0.39, 0.29) is 12.0 Å². The Hall–Kier alpha value is -0.120. The summed E-state index contributed by atoms with van der Waals surface area (Å²) in [6.07, 6.45) is 5.20. The minimum absolute atomic E-state index is 0.0674. The summed E-state index contributed by atoms with van der Waals surface area (Å²) < 4.78 is 5.72. The molecule has 1 heterocycles. The zero-order valence-electron chi connectivity index (χ0n) is 11.8. The van der Waals surface area contributed by atoms with E-state index in [4.69, 9.17) is 4.74 Å². The van der Waals surface area contributed by atoms with Crippen LogP contribution in [0.5, 0.6) is 0 Å². The Morgan fingerprint density at radius 3 is 2.35 bits per heavy atom. The van der Waals surface area contributed by atoms with Crippen LogP contribution >= 0.6 is 0 Å². The Kier molecular flexibility index (Phi) is 5.90. The minimum atomic E-state index is 0.0674. The van der Waals surface area contributed by atoms with Crippen LogP contribution in [0.4, 0.5) is 0 Å². The quantitative estimate of drug-likeness (QED) is 0.704. The van der Waals surface area contributed by atoms with Crippen molar-refractivity contribution in [3.05, 3.63) is 0 Å². The highest BCUT2D eigenvalue weighted by Gasteiger charge is 2.24. The normalized spacial score (nSPS) is 30.5. The van der Waals surface area contributed by atoms with Crippen molar-refractivity contribution in [1.29, 1.82) is 0 Å². The molecule has 102 valence electrons. The largest absolute Gasteiger partial charge is 0.396 e. The summed E-state index contributed by atoms with van der Waals surface area (Å²) in [5, 5.41) is 12.8. The molecule has 1 aliphatic rings. The molecule has 0 amide bonds. The van der Waals surface area contributed by atoms with Gasteiger partial charge in [0.25, 0.3) is 0 Å². The molecule has 3 heteroatoms. The highest BCUT2D eigenvalue weighted by atomic mass is 16.5. The van der Waals surface area contributed by atoms with Crippen molar-refractivity contribution < 1.29 is 9.84 Å². The van der Waals surface area contributed by atoms with Gasteiger partial charge in [0, 0.05) is 12.6 Å². The smallest absolute Gasteiger partial charge is 0.0565 e. The maximum absolute atomic E-state index is 9.17. The van der Waals surface area contributed by atoms with Crippen LogP contribution in [0.2, 0.25) is 0 Å². The molecule has 1 aliphatic heterocycles. The van der Waals surface area contributed by atoms with Crippen LogP contribution < -0.4 is 5.32 Å². The lowest BCUT2D eigenvalue weighted by atomic mass is 9.89. The summed E-state index contributed by atoms with van der Waals surface area (Å²) in [5.41, 5.74) is 0.0674. The van der Waals surface area contributed by atoms with E-state index < -0.39 is 0 Å². The number of rotatable bonds is 6. The lowest BCUT2D eigenvalue weighted by Crippen LogP contribution is -2.41. The third kappa shape index (κ3) is 5.84. The first-order chi connectivity index (χ1) is 7.93. The molecule has 0 aromatic rings. The first-order valence-corrected chi connectivity index (χ1v) is 6.92. The number of hydrogen-bond donors (Lipinski definition) is 2. The zero-order valence-corrected chi connectivity index (χ0v) is 11.8. The fraction of sp³-hybridized carbons (Fsp3) is 1.00. The van der Waals surface area contributed by atoms with E-state index in [1.165, 1.54) is 0 Å². The molecule has 3 nitrogen and oxygen atoms in total. The summed E-state index contributed by atoms with van der Waals surface area (Å²) in [6, 6.07) is 0.603. The second-order valence-electron chi connectivity index (χ2n) is 6.31. The van der Waals surface area contributed by atoms with Crippen LogP contribution in [0.1, 0.15) is 53.4 Å². The van der Waals surface area contributed by atoms with Gasteiger partial charge in [-0.25, -0.2) is 0 Å². The molecule has 2 unspecified atom stereocenters. The van der Waals surface area contributed by atoms with Crippen LogP contribution in [0.15, 0.2) is 0 Å². The Morgan fingerprint density at radius 1 is 1.24 bits per heavy atom. The number of aliphatic hydroxyl groups excluding tert-OH is 1. The maximum Gasteiger partial charge on any atom is 0.0565 e.